The van der Waals surface area contributed by atoms with Crippen molar-refractivity contribution in [1.29, 1.82) is 10.5 Å². The first-order chi connectivity index (χ1) is 9.81. The Bertz CT molecular complexity index is 680. The summed E-state index contributed by atoms with van der Waals surface area (Å²) in [5.41, 5.74) is 0.711. The van der Waals surface area contributed by atoms with Crippen LogP contribution in [0, 0.1) is 22.7 Å². The van der Waals surface area contributed by atoms with Gasteiger partial charge in [0.25, 0.3) is 0 Å². The SMILES string of the molecule is N#CC(C#N)=CNc1cccc(Oc2ccccn2)c1. The van der Waals surface area contributed by atoms with Crippen LogP contribution in [0.3, 0.4) is 0 Å². The summed E-state index contributed by atoms with van der Waals surface area (Å²) in [4.78, 5) is 4.06. The van der Waals surface area contributed by atoms with E-state index in [9.17, 15) is 0 Å². The van der Waals surface area contributed by atoms with Crippen LogP contribution in [0.2, 0.25) is 0 Å². The average molecular weight is 262 g/mol. The Labute approximate surface area is 116 Å². The molecule has 96 valence electrons. The molecular formula is C15H10N4O. The topological polar surface area (TPSA) is 81.7 Å². The third-order valence-electron chi connectivity index (χ3n) is 2.32. The van der Waals surface area contributed by atoms with Gasteiger partial charge in [-0.05, 0) is 18.2 Å². The van der Waals surface area contributed by atoms with Crippen molar-refractivity contribution in [3.05, 3.63) is 60.4 Å². The first kappa shape index (κ1) is 13.1. The summed E-state index contributed by atoms with van der Waals surface area (Å²) in [6, 6.07) is 16.1. The van der Waals surface area contributed by atoms with Gasteiger partial charge in [-0.25, -0.2) is 4.98 Å². The summed E-state index contributed by atoms with van der Waals surface area (Å²) in [5.74, 6) is 1.10. The predicted molar refractivity (Wildman–Crippen MR) is 73.7 cm³/mol. The van der Waals surface area contributed by atoms with Crippen LogP contribution in [0.25, 0.3) is 0 Å². The fourth-order valence-electron chi connectivity index (χ4n) is 1.42. The number of hydrogen-bond donors (Lipinski definition) is 1. The Balaban J connectivity index is 2.11. The molecule has 0 radical (unpaired) electrons. The molecule has 0 amide bonds. The van der Waals surface area contributed by atoms with E-state index in [1.807, 2.05) is 6.07 Å². The quantitative estimate of drug-likeness (QED) is 0.855. The van der Waals surface area contributed by atoms with Gasteiger partial charge in [-0.15, -0.1) is 0 Å². The molecule has 1 N–H and O–H groups in total. The molecule has 5 nitrogen and oxygen atoms in total. The lowest BCUT2D eigenvalue weighted by atomic mass is 10.3. The minimum atomic E-state index is 0.000970. The van der Waals surface area contributed by atoms with Crippen molar-refractivity contribution in [2.45, 2.75) is 0 Å². The molecule has 0 saturated heterocycles. The molecule has 1 aromatic carbocycles. The first-order valence-electron chi connectivity index (χ1n) is 5.77. The van der Waals surface area contributed by atoms with Gasteiger partial charge in [0.15, 0.2) is 0 Å². The van der Waals surface area contributed by atoms with E-state index in [1.165, 1.54) is 6.20 Å². The molecule has 1 aromatic heterocycles. The van der Waals surface area contributed by atoms with E-state index in [0.29, 0.717) is 17.3 Å². The number of hydrogen-bond acceptors (Lipinski definition) is 5. The molecule has 2 aromatic rings. The van der Waals surface area contributed by atoms with Crippen LogP contribution in [0.5, 0.6) is 11.6 Å². The standard InChI is InChI=1S/C15H10N4O/c16-9-12(10-17)11-19-13-4-3-5-14(8-13)20-15-6-1-2-7-18-15/h1-8,11,19H. The zero-order valence-corrected chi connectivity index (χ0v) is 10.4. The Morgan fingerprint density at radius 2 is 2.00 bits per heavy atom. The largest absolute Gasteiger partial charge is 0.439 e. The maximum absolute atomic E-state index is 8.64. The van der Waals surface area contributed by atoms with Crippen molar-refractivity contribution in [2.24, 2.45) is 0 Å². The fourth-order valence-corrected chi connectivity index (χ4v) is 1.42. The molecule has 20 heavy (non-hydrogen) atoms. The van der Waals surface area contributed by atoms with E-state index in [-0.39, 0.29) is 5.57 Å². The van der Waals surface area contributed by atoms with Crippen molar-refractivity contribution in [1.82, 2.24) is 4.98 Å². The van der Waals surface area contributed by atoms with Crippen LogP contribution in [0.15, 0.2) is 60.4 Å². The van der Waals surface area contributed by atoms with Crippen LogP contribution in [0.4, 0.5) is 5.69 Å². The molecule has 0 saturated carbocycles. The number of anilines is 1. The monoisotopic (exact) mass is 262 g/mol. The smallest absolute Gasteiger partial charge is 0.219 e. The third kappa shape index (κ3) is 3.59. The highest BCUT2D eigenvalue weighted by atomic mass is 16.5. The number of nitriles is 2. The van der Waals surface area contributed by atoms with Gasteiger partial charge in [0.1, 0.15) is 23.5 Å². The summed E-state index contributed by atoms with van der Waals surface area (Å²) < 4.78 is 5.58. The number of benzene rings is 1. The molecule has 0 atom stereocenters. The molecule has 0 aliphatic rings. The lowest BCUT2D eigenvalue weighted by Gasteiger charge is -2.06. The lowest BCUT2D eigenvalue weighted by Crippen LogP contribution is -1.91. The highest BCUT2D eigenvalue weighted by Crippen LogP contribution is 2.22. The maximum atomic E-state index is 8.64. The fraction of sp³-hybridized carbons (Fsp3) is 0. The molecule has 0 aliphatic heterocycles. The van der Waals surface area contributed by atoms with E-state index in [4.69, 9.17) is 15.3 Å². The number of nitrogens with zero attached hydrogens (tertiary/aromatic N) is 3. The minimum absolute atomic E-state index is 0.000970. The molecule has 1 heterocycles. The van der Waals surface area contributed by atoms with Crippen LogP contribution >= 0.6 is 0 Å². The Hall–Kier alpha value is -3.31. The number of allylic oxidation sites excluding steroid dienone is 1. The number of pyridine rings is 1. The maximum Gasteiger partial charge on any atom is 0.219 e. The summed E-state index contributed by atoms with van der Waals surface area (Å²) >= 11 is 0. The molecular weight excluding hydrogens is 252 g/mol. The van der Waals surface area contributed by atoms with Gasteiger partial charge in [-0.1, -0.05) is 12.1 Å². The summed E-state index contributed by atoms with van der Waals surface area (Å²) in [6.45, 7) is 0. The average Bonchev–Trinajstić information content (AvgIpc) is 2.50. The Kier molecular flexibility index (Phi) is 4.32. The van der Waals surface area contributed by atoms with E-state index in [2.05, 4.69) is 10.3 Å². The minimum Gasteiger partial charge on any atom is -0.439 e. The van der Waals surface area contributed by atoms with Crippen molar-refractivity contribution < 1.29 is 4.74 Å². The molecule has 2 rings (SSSR count). The van der Waals surface area contributed by atoms with E-state index >= 15 is 0 Å². The highest BCUT2D eigenvalue weighted by molar-refractivity contribution is 5.52. The number of rotatable bonds is 4. The lowest BCUT2D eigenvalue weighted by molar-refractivity contribution is 0.463. The van der Waals surface area contributed by atoms with Crippen LogP contribution in [-0.2, 0) is 0 Å². The van der Waals surface area contributed by atoms with E-state index in [0.717, 1.165) is 0 Å². The van der Waals surface area contributed by atoms with Crippen molar-refractivity contribution in [3.63, 3.8) is 0 Å². The molecule has 0 spiro atoms. The zero-order chi connectivity index (χ0) is 14.2. The second-order valence-corrected chi connectivity index (χ2v) is 3.72. The summed E-state index contributed by atoms with van der Waals surface area (Å²) in [7, 11) is 0. The van der Waals surface area contributed by atoms with Gasteiger partial charge < -0.3 is 10.1 Å². The molecule has 0 fully saturated rings. The third-order valence-corrected chi connectivity index (χ3v) is 2.32. The van der Waals surface area contributed by atoms with E-state index in [1.54, 1.807) is 54.7 Å². The number of ether oxygens (including phenoxy) is 1. The molecule has 0 unspecified atom stereocenters. The van der Waals surface area contributed by atoms with Crippen LogP contribution in [-0.4, -0.2) is 4.98 Å². The van der Waals surface area contributed by atoms with Crippen molar-refractivity contribution in [2.75, 3.05) is 5.32 Å². The van der Waals surface area contributed by atoms with Gasteiger partial charge in [0, 0.05) is 30.2 Å². The second kappa shape index (κ2) is 6.58. The molecule has 0 bridgehead atoms. The van der Waals surface area contributed by atoms with Gasteiger partial charge in [-0.2, -0.15) is 10.5 Å². The van der Waals surface area contributed by atoms with Gasteiger partial charge in [0.05, 0.1) is 0 Å². The first-order valence-corrected chi connectivity index (χ1v) is 5.77. The highest BCUT2D eigenvalue weighted by Gasteiger charge is 1.99. The van der Waals surface area contributed by atoms with Gasteiger partial charge >= 0.3 is 0 Å². The number of aromatic nitrogens is 1. The summed E-state index contributed by atoms with van der Waals surface area (Å²) in [5, 5.41) is 20.1. The predicted octanol–water partition coefficient (Wildman–Crippen LogP) is 3.22. The van der Waals surface area contributed by atoms with Gasteiger partial charge in [0.2, 0.25) is 5.88 Å². The normalized spacial score (nSPS) is 8.90. The molecule has 5 heteroatoms. The number of nitrogens with one attached hydrogen (secondary N) is 1. The van der Waals surface area contributed by atoms with Gasteiger partial charge in [-0.3, -0.25) is 0 Å². The van der Waals surface area contributed by atoms with Crippen LogP contribution < -0.4 is 10.1 Å². The second-order valence-electron chi connectivity index (χ2n) is 3.72. The Morgan fingerprint density at radius 3 is 2.70 bits per heavy atom. The van der Waals surface area contributed by atoms with Crippen molar-refractivity contribution in [3.8, 4) is 23.8 Å². The van der Waals surface area contributed by atoms with Crippen molar-refractivity contribution >= 4 is 5.69 Å². The summed E-state index contributed by atoms with van der Waals surface area (Å²) in [6.07, 6.45) is 2.99. The zero-order valence-electron chi connectivity index (χ0n) is 10.4. The molecule has 0 aliphatic carbocycles. The van der Waals surface area contributed by atoms with Crippen LogP contribution in [0.1, 0.15) is 0 Å². The van der Waals surface area contributed by atoms with E-state index < -0.39 is 0 Å². The Morgan fingerprint density at radius 1 is 1.15 bits per heavy atom.